The minimum atomic E-state index is -0.0454. The van der Waals surface area contributed by atoms with Crippen molar-refractivity contribution in [1.29, 1.82) is 0 Å². The first kappa shape index (κ1) is 20.2. The standard InChI is InChI=1S/C20H25N5O2S2/c1-13-16-18(24-14(2)15-4-3-11-28-15)22-12-23-20(16)29-17(13)19(26)21-5-6-25-7-9-27-10-8-25/h3-4,11-12,14H,5-10H2,1-2H3,(H,21,26)(H,22,23,24)/t14-/m1/s1. The van der Waals surface area contributed by atoms with Crippen LogP contribution < -0.4 is 10.6 Å². The Labute approximate surface area is 178 Å². The summed E-state index contributed by atoms with van der Waals surface area (Å²) in [5, 5.41) is 9.53. The fourth-order valence-corrected chi connectivity index (χ4v) is 5.24. The number of aryl methyl sites for hydroxylation is 1. The molecule has 0 spiro atoms. The summed E-state index contributed by atoms with van der Waals surface area (Å²) >= 11 is 3.13. The lowest BCUT2D eigenvalue weighted by Gasteiger charge is -2.26. The predicted octanol–water partition coefficient (Wildman–Crippen LogP) is 3.30. The van der Waals surface area contributed by atoms with E-state index in [2.05, 4.69) is 43.9 Å². The largest absolute Gasteiger partial charge is 0.379 e. The summed E-state index contributed by atoms with van der Waals surface area (Å²) in [6, 6.07) is 4.29. The Hall–Kier alpha value is -2.07. The Balaban J connectivity index is 1.47. The topological polar surface area (TPSA) is 79.4 Å². The van der Waals surface area contributed by atoms with Gasteiger partial charge in [-0.15, -0.1) is 22.7 Å². The van der Waals surface area contributed by atoms with Crippen LogP contribution in [0.2, 0.25) is 0 Å². The number of carbonyl (C=O) groups excluding carboxylic acids is 1. The molecule has 154 valence electrons. The van der Waals surface area contributed by atoms with Crippen LogP contribution in [0.1, 0.15) is 33.1 Å². The van der Waals surface area contributed by atoms with E-state index >= 15 is 0 Å². The first-order valence-corrected chi connectivity index (χ1v) is 11.5. The van der Waals surface area contributed by atoms with Crippen molar-refractivity contribution in [1.82, 2.24) is 20.2 Å². The molecule has 0 aromatic carbocycles. The third-order valence-corrected chi connectivity index (χ3v) is 7.33. The van der Waals surface area contributed by atoms with E-state index in [1.54, 1.807) is 17.7 Å². The number of amides is 1. The maximum Gasteiger partial charge on any atom is 0.261 e. The van der Waals surface area contributed by atoms with Gasteiger partial charge in [0.25, 0.3) is 5.91 Å². The lowest BCUT2D eigenvalue weighted by molar-refractivity contribution is 0.0383. The fraction of sp³-hybridized carbons (Fsp3) is 0.450. The number of anilines is 1. The van der Waals surface area contributed by atoms with E-state index in [0.29, 0.717) is 11.4 Å². The van der Waals surface area contributed by atoms with Crippen LogP contribution in [0.5, 0.6) is 0 Å². The van der Waals surface area contributed by atoms with Crippen LogP contribution in [0.4, 0.5) is 5.82 Å². The average molecular weight is 432 g/mol. The van der Waals surface area contributed by atoms with Gasteiger partial charge in [-0.3, -0.25) is 9.69 Å². The fourth-order valence-electron chi connectivity index (χ4n) is 3.44. The zero-order valence-electron chi connectivity index (χ0n) is 16.6. The Morgan fingerprint density at radius 1 is 1.34 bits per heavy atom. The van der Waals surface area contributed by atoms with Gasteiger partial charge in [0.1, 0.15) is 17.0 Å². The van der Waals surface area contributed by atoms with Crippen molar-refractivity contribution in [2.45, 2.75) is 19.9 Å². The molecule has 3 aromatic rings. The lowest BCUT2D eigenvalue weighted by Crippen LogP contribution is -2.41. The van der Waals surface area contributed by atoms with Crippen molar-refractivity contribution in [2.24, 2.45) is 0 Å². The minimum absolute atomic E-state index is 0.0454. The Morgan fingerprint density at radius 3 is 2.93 bits per heavy atom. The molecule has 29 heavy (non-hydrogen) atoms. The van der Waals surface area contributed by atoms with E-state index < -0.39 is 0 Å². The molecule has 2 N–H and O–H groups in total. The second-order valence-electron chi connectivity index (χ2n) is 7.05. The number of carbonyl (C=O) groups is 1. The molecule has 4 rings (SSSR count). The van der Waals surface area contributed by atoms with Gasteiger partial charge in [-0.05, 0) is 30.9 Å². The molecule has 9 heteroatoms. The highest BCUT2D eigenvalue weighted by Crippen LogP contribution is 2.34. The zero-order chi connectivity index (χ0) is 20.2. The van der Waals surface area contributed by atoms with E-state index in [1.165, 1.54) is 16.2 Å². The molecule has 1 aliphatic heterocycles. The van der Waals surface area contributed by atoms with Crippen LogP contribution in [0.25, 0.3) is 10.2 Å². The molecular weight excluding hydrogens is 406 g/mol. The summed E-state index contributed by atoms with van der Waals surface area (Å²) in [7, 11) is 0. The van der Waals surface area contributed by atoms with Crippen molar-refractivity contribution in [2.75, 3.05) is 44.7 Å². The summed E-state index contributed by atoms with van der Waals surface area (Å²) < 4.78 is 5.36. The maximum atomic E-state index is 12.8. The molecule has 3 aromatic heterocycles. The number of fused-ring (bicyclic) bond motifs is 1. The number of morpholine rings is 1. The van der Waals surface area contributed by atoms with Gasteiger partial charge >= 0.3 is 0 Å². The molecule has 0 bridgehead atoms. The normalized spacial score (nSPS) is 16.1. The molecule has 1 aliphatic rings. The summed E-state index contributed by atoms with van der Waals surface area (Å²) in [5.41, 5.74) is 0.926. The molecular formula is C20H25N5O2S2. The van der Waals surface area contributed by atoms with Crippen molar-refractivity contribution < 1.29 is 9.53 Å². The van der Waals surface area contributed by atoms with Crippen LogP contribution in [0.3, 0.4) is 0 Å². The number of nitrogens with one attached hydrogen (secondary N) is 2. The van der Waals surface area contributed by atoms with Gasteiger partial charge in [0.15, 0.2) is 0 Å². The maximum absolute atomic E-state index is 12.8. The molecule has 0 aliphatic carbocycles. The molecule has 0 unspecified atom stereocenters. The molecule has 7 nitrogen and oxygen atoms in total. The third-order valence-electron chi connectivity index (χ3n) is 5.07. The molecule has 1 atom stereocenters. The number of ether oxygens (including phenoxy) is 1. The summed E-state index contributed by atoms with van der Waals surface area (Å²) in [6.45, 7) is 8.92. The first-order chi connectivity index (χ1) is 14.1. The van der Waals surface area contributed by atoms with Gasteiger partial charge < -0.3 is 15.4 Å². The van der Waals surface area contributed by atoms with Gasteiger partial charge in [0.2, 0.25) is 0 Å². The van der Waals surface area contributed by atoms with Crippen LogP contribution in [0.15, 0.2) is 23.8 Å². The lowest BCUT2D eigenvalue weighted by atomic mass is 10.2. The molecule has 1 amide bonds. The highest BCUT2D eigenvalue weighted by atomic mass is 32.1. The summed E-state index contributed by atoms with van der Waals surface area (Å²) in [6.07, 6.45) is 1.56. The second-order valence-corrected chi connectivity index (χ2v) is 9.03. The number of thiophene rings is 2. The first-order valence-electron chi connectivity index (χ1n) is 9.76. The van der Waals surface area contributed by atoms with Crippen molar-refractivity contribution in [3.05, 3.63) is 39.2 Å². The van der Waals surface area contributed by atoms with Gasteiger partial charge in [0, 0.05) is 31.1 Å². The Kier molecular flexibility index (Phi) is 6.39. The number of aromatic nitrogens is 2. The zero-order valence-corrected chi connectivity index (χ0v) is 18.2. The van der Waals surface area contributed by atoms with Gasteiger partial charge in [-0.25, -0.2) is 9.97 Å². The number of nitrogens with zero attached hydrogens (tertiary/aromatic N) is 3. The van der Waals surface area contributed by atoms with Crippen LogP contribution in [0, 0.1) is 6.92 Å². The third kappa shape index (κ3) is 4.58. The van der Waals surface area contributed by atoms with Crippen LogP contribution in [-0.2, 0) is 4.74 Å². The monoisotopic (exact) mass is 431 g/mol. The predicted molar refractivity (Wildman–Crippen MR) is 118 cm³/mol. The van der Waals surface area contributed by atoms with Gasteiger partial charge in [0.05, 0.1) is 29.5 Å². The SMILES string of the molecule is Cc1c(C(=O)NCCN2CCOCC2)sc2ncnc(N[C@H](C)c3cccs3)c12. The minimum Gasteiger partial charge on any atom is -0.379 e. The number of hydrogen-bond donors (Lipinski definition) is 2. The van der Waals surface area contributed by atoms with E-state index in [1.807, 2.05) is 13.0 Å². The molecule has 0 radical (unpaired) electrons. The van der Waals surface area contributed by atoms with Crippen LogP contribution in [-0.4, -0.2) is 60.2 Å². The average Bonchev–Trinajstić information content (AvgIpc) is 3.38. The Morgan fingerprint density at radius 2 is 2.17 bits per heavy atom. The van der Waals surface area contributed by atoms with E-state index in [0.717, 1.165) is 54.4 Å². The van der Waals surface area contributed by atoms with E-state index in [-0.39, 0.29) is 11.9 Å². The van der Waals surface area contributed by atoms with Crippen LogP contribution >= 0.6 is 22.7 Å². The number of hydrogen-bond acceptors (Lipinski definition) is 8. The van der Waals surface area contributed by atoms with Gasteiger partial charge in [-0.1, -0.05) is 6.07 Å². The quantitative estimate of drug-likeness (QED) is 0.598. The second kappa shape index (κ2) is 9.17. The molecule has 1 saturated heterocycles. The molecule has 1 fully saturated rings. The van der Waals surface area contributed by atoms with E-state index in [9.17, 15) is 4.79 Å². The molecule has 0 saturated carbocycles. The van der Waals surface area contributed by atoms with Crippen molar-refractivity contribution in [3.8, 4) is 0 Å². The molecule has 4 heterocycles. The summed E-state index contributed by atoms with van der Waals surface area (Å²) in [5.74, 6) is 0.730. The number of rotatable bonds is 7. The van der Waals surface area contributed by atoms with Crippen molar-refractivity contribution in [3.63, 3.8) is 0 Å². The smallest absolute Gasteiger partial charge is 0.261 e. The van der Waals surface area contributed by atoms with E-state index in [4.69, 9.17) is 4.74 Å². The highest BCUT2D eigenvalue weighted by molar-refractivity contribution is 7.20. The Bertz CT molecular complexity index is 967. The van der Waals surface area contributed by atoms with Gasteiger partial charge in [-0.2, -0.15) is 0 Å². The highest BCUT2D eigenvalue weighted by Gasteiger charge is 2.20. The van der Waals surface area contributed by atoms with Crippen molar-refractivity contribution >= 4 is 44.6 Å². The summed E-state index contributed by atoms with van der Waals surface area (Å²) in [4.78, 5) is 26.7.